The lowest BCUT2D eigenvalue weighted by Gasteiger charge is -2.44. The zero-order valence-corrected chi connectivity index (χ0v) is 37.4. The van der Waals surface area contributed by atoms with Crippen LogP contribution in [0.25, 0.3) is 45.4 Å². The molecule has 0 saturated carbocycles. The van der Waals surface area contributed by atoms with E-state index in [9.17, 15) is 5.11 Å². The van der Waals surface area contributed by atoms with Crippen LogP contribution in [0.3, 0.4) is 0 Å². The number of aliphatic hydroxyl groups is 1. The molecule has 7 heteroatoms. The van der Waals surface area contributed by atoms with Gasteiger partial charge in [0.05, 0.1) is 16.9 Å². The Bertz CT molecular complexity index is 2260. The van der Waals surface area contributed by atoms with Crippen molar-refractivity contribution in [3.8, 4) is 45.4 Å². The smallest absolute Gasteiger partial charge is 0.309 e. The molecule has 5 aromatic rings. The molecule has 0 radical (unpaired) electrons. The molecule has 0 bridgehead atoms. The van der Waals surface area contributed by atoms with Gasteiger partial charge < -0.3 is 9.76 Å². The third kappa shape index (κ3) is 6.13. The predicted molar refractivity (Wildman–Crippen MR) is 237 cm³/mol. The first-order valence-electron chi connectivity index (χ1n) is 20.6. The Labute approximate surface area is 342 Å². The minimum atomic E-state index is -0.961. The topological polar surface area (TPSA) is 81.0 Å². The lowest BCUT2D eigenvalue weighted by Crippen LogP contribution is -2.49. The fraction of sp³-hybridized carbons (Fsp3) is 0.480. The Balaban J connectivity index is 1.29. The van der Waals surface area contributed by atoms with Crippen LogP contribution in [0.2, 0.25) is 0 Å². The van der Waals surface area contributed by atoms with Crippen molar-refractivity contribution in [1.29, 1.82) is 0 Å². The molecule has 2 aliphatic rings. The Morgan fingerprint density at radius 2 is 0.877 bits per heavy atom. The SMILES string of the molecule is CC(C)(O)C(C)(C)OBc1ccc(-c2ccc(-c3nc(-c4ccc5c(c4)C(C)(C)C(C)(C)C5(C)C)nc(-c4ccc5c(c4)C(C)(C)C(C)(C)C5(C)C)n3)cn2)cc1. The van der Waals surface area contributed by atoms with Gasteiger partial charge in [-0.3, -0.25) is 4.98 Å². The lowest BCUT2D eigenvalue weighted by atomic mass is 9.59. The maximum atomic E-state index is 10.5. The van der Waals surface area contributed by atoms with Gasteiger partial charge in [-0.2, -0.15) is 0 Å². The molecule has 0 spiro atoms. The zero-order valence-electron chi connectivity index (χ0n) is 37.4. The van der Waals surface area contributed by atoms with Crippen LogP contribution in [0.15, 0.2) is 79.0 Å². The van der Waals surface area contributed by atoms with Crippen molar-refractivity contribution in [2.24, 2.45) is 10.8 Å². The molecule has 1 N–H and O–H groups in total. The van der Waals surface area contributed by atoms with Crippen molar-refractivity contribution in [3.63, 3.8) is 0 Å². The summed E-state index contributed by atoms with van der Waals surface area (Å²) in [6.07, 6.45) is 1.87. The summed E-state index contributed by atoms with van der Waals surface area (Å²) < 4.78 is 6.09. The van der Waals surface area contributed by atoms with E-state index in [4.69, 9.17) is 24.6 Å². The van der Waals surface area contributed by atoms with Crippen molar-refractivity contribution in [2.75, 3.05) is 0 Å². The van der Waals surface area contributed by atoms with Gasteiger partial charge in [0.1, 0.15) is 0 Å². The maximum Gasteiger partial charge on any atom is 0.309 e. The first-order valence-corrected chi connectivity index (χ1v) is 20.6. The number of rotatable bonds is 8. The molecule has 0 unspecified atom stereocenters. The zero-order chi connectivity index (χ0) is 41.9. The van der Waals surface area contributed by atoms with Crippen LogP contribution in [-0.2, 0) is 26.3 Å². The monoisotopic (exact) mass is 763 g/mol. The average molecular weight is 763 g/mol. The number of benzene rings is 3. The van der Waals surface area contributed by atoms with Crippen molar-refractivity contribution in [2.45, 2.75) is 144 Å². The van der Waals surface area contributed by atoms with Crippen LogP contribution in [-0.4, -0.2) is 43.7 Å². The Morgan fingerprint density at radius 3 is 1.28 bits per heavy atom. The van der Waals surface area contributed by atoms with Gasteiger partial charge in [0, 0.05) is 28.5 Å². The van der Waals surface area contributed by atoms with Gasteiger partial charge >= 0.3 is 7.48 Å². The third-order valence-corrected chi connectivity index (χ3v) is 16.5. The standard InChI is InChI=1S/C50H63BN4O2/c1-43(2)35-24-19-31(27-37(35)45(5,6)47(43,9)10)40-53-41(32-20-25-36-38(28-32)46(7,8)48(11,12)44(36,3)4)55-42(54-40)33-21-26-39(52-29-33)30-17-22-34(23-18-30)51-57-50(15,16)49(13,14)56/h17-29,51,56H,1-16H3. The highest BCUT2D eigenvalue weighted by atomic mass is 16.5. The van der Waals surface area contributed by atoms with Crippen LogP contribution >= 0.6 is 0 Å². The largest absolute Gasteiger partial charge is 0.427 e. The molecule has 57 heavy (non-hydrogen) atoms. The fourth-order valence-electron chi connectivity index (χ4n) is 9.07. The molecule has 7 rings (SSSR count). The van der Waals surface area contributed by atoms with E-state index in [-0.39, 0.29) is 32.5 Å². The van der Waals surface area contributed by atoms with E-state index in [1.165, 1.54) is 22.3 Å². The second-order valence-corrected chi connectivity index (χ2v) is 21.1. The van der Waals surface area contributed by atoms with Crippen molar-refractivity contribution < 1.29 is 9.76 Å². The Kier molecular flexibility index (Phi) is 9.28. The van der Waals surface area contributed by atoms with Gasteiger partial charge in [0.15, 0.2) is 17.5 Å². The first-order chi connectivity index (χ1) is 26.1. The van der Waals surface area contributed by atoms with Crippen molar-refractivity contribution in [1.82, 2.24) is 19.9 Å². The molecular formula is C50H63BN4O2. The summed E-state index contributed by atoms with van der Waals surface area (Å²) in [6, 6.07) is 26.0. The Hall–Kier alpha value is -4.20. The van der Waals surface area contributed by atoms with Crippen LogP contribution in [0.1, 0.15) is 133 Å². The lowest BCUT2D eigenvalue weighted by molar-refractivity contribution is -0.0893. The summed E-state index contributed by atoms with van der Waals surface area (Å²) in [5, 5.41) is 10.5. The molecule has 2 heterocycles. The summed E-state index contributed by atoms with van der Waals surface area (Å²) in [6.45, 7) is 35.9. The molecule has 0 saturated heterocycles. The van der Waals surface area contributed by atoms with E-state index >= 15 is 0 Å². The maximum absolute atomic E-state index is 10.5. The number of nitrogens with zero attached hydrogens (tertiary/aromatic N) is 4. The van der Waals surface area contributed by atoms with Crippen LogP contribution in [0.4, 0.5) is 0 Å². The summed E-state index contributed by atoms with van der Waals surface area (Å²) in [4.78, 5) is 20.5. The van der Waals surface area contributed by atoms with Gasteiger partial charge in [0.2, 0.25) is 0 Å². The van der Waals surface area contributed by atoms with Crippen LogP contribution in [0, 0.1) is 10.8 Å². The molecule has 2 aliphatic carbocycles. The number of hydrogen-bond donors (Lipinski definition) is 1. The molecule has 3 aromatic carbocycles. The van der Waals surface area contributed by atoms with E-state index in [0.29, 0.717) is 25.0 Å². The second-order valence-electron chi connectivity index (χ2n) is 21.1. The Morgan fingerprint density at radius 1 is 0.491 bits per heavy atom. The summed E-state index contributed by atoms with van der Waals surface area (Å²) >= 11 is 0. The van der Waals surface area contributed by atoms with E-state index < -0.39 is 11.2 Å². The van der Waals surface area contributed by atoms with Crippen molar-refractivity contribution >= 4 is 12.9 Å². The summed E-state index contributed by atoms with van der Waals surface area (Å²) in [5.74, 6) is 1.91. The van der Waals surface area contributed by atoms with Gasteiger partial charge in [-0.1, -0.05) is 137 Å². The third-order valence-electron chi connectivity index (χ3n) is 16.5. The first kappa shape index (κ1) is 41.0. The second kappa shape index (κ2) is 12.9. The predicted octanol–water partition coefficient (Wildman–Crippen LogP) is 10.7. The van der Waals surface area contributed by atoms with E-state index in [1.54, 1.807) is 13.8 Å². The minimum absolute atomic E-state index is 0.00804. The van der Waals surface area contributed by atoms with E-state index in [0.717, 1.165) is 33.4 Å². The van der Waals surface area contributed by atoms with Gasteiger partial charge in [-0.25, -0.2) is 15.0 Å². The van der Waals surface area contributed by atoms with Crippen LogP contribution < -0.4 is 5.46 Å². The van der Waals surface area contributed by atoms with E-state index in [2.05, 4.69) is 150 Å². The molecular weight excluding hydrogens is 699 g/mol. The van der Waals surface area contributed by atoms with Gasteiger partial charge in [0.25, 0.3) is 0 Å². The normalized spacial score (nSPS) is 19.5. The molecule has 2 aromatic heterocycles. The summed E-state index contributed by atoms with van der Waals surface area (Å²) in [5.41, 5.74) is 9.54. The minimum Gasteiger partial charge on any atom is -0.427 e. The highest BCUT2D eigenvalue weighted by Crippen LogP contribution is 2.63. The number of aromatic nitrogens is 4. The summed E-state index contributed by atoms with van der Waals surface area (Å²) in [7, 11) is 0.405. The highest BCUT2D eigenvalue weighted by Gasteiger charge is 2.58. The number of hydrogen-bond acceptors (Lipinski definition) is 6. The van der Waals surface area contributed by atoms with Gasteiger partial charge in [-0.15, -0.1) is 0 Å². The molecule has 6 nitrogen and oxygen atoms in total. The molecule has 0 aliphatic heterocycles. The number of pyridine rings is 1. The molecule has 0 atom stereocenters. The molecule has 0 fully saturated rings. The van der Waals surface area contributed by atoms with Crippen molar-refractivity contribution in [3.05, 3.63) is 101 Å². The van der Waals surface area contributed by atoms with Gasteiger partial charge in [-0.05, 0) is 107 Å². The number of fused-ring (bicyclic) bond motifs is 2. The van der Waals surface area contributed by atoms with E-state index in [1.807, 2.05) is 26.1 Å². The van der Waals surface area contributed by atoms with Crippen LogP contribution in [0.5, 0.6) is 0 Å². The molecule has 0 amide bonds. The average Bonchev–Trinajstić information content (AvgIpc) is 3.33. The molecule has 298 valence electrons. The fourth-order valence-corrected chi connectivity index (χ4v) is 9.07. The highest BCUT2D eigenvalue weighted by molar-refractivity contribution is 6.47. The quantitative estimate of drug-likeness (QED) is 0.159.